The van der Waals surface area contributed by atoms with Crippen LogP contribution in [0.2, 0.25) is 15.1 Å². The van der Waals surface area contributed by atoms with Crippen LogP contribution >= 0.6 is 46.1 Å². The van der Waals surface area contributed by atoms with Gasteiger partial charge in [0.15, 0.2) is 0 Å². The fourth-order valence-electron chi connectivity index (χ4n) is 2.53. The summed E-state index contributed by atoms with van der Waals surface area (Å²) in [5.41, 5.74) is 1.84. The fraction of sp³-hybridized carbons (Fsp3) is 0.0526. The summed E-state index contributed by atoms with van der Waals surface area (Å²) in [6.45, 7) is 1.86. The summed E-state index contributed by atoms with van der Waals surface area (Å²) in [6.07, 6.45) is 0. The number of benzene rings is 2. The summed E-state index contributed by atoms with van der Waals surface area (Å²) >= 11 is 19.4. The standard InChI is InChI=1S/C19H12Cl3NO3S/c1-9-2-4-12(13(21)6-9)18(24)23-15-8-27-17(16(15)19(25)26)11-5-3-10(20)7-14(11)22/h2-8H,1H3,(H,23,24)(H,25,26). The molecular weight excluding hydrogens is 429 g/mol. The van der Waals surface area contributed by atoms with E-state index >= 15 is 0 Å². The number of thiophene rings is 1. The van der Waals surface area contributed by atoms with Crippen LogP contribution in [-0.4, -0.2) is 17.0 Å². The van der Waals surface area contributed by atoms with E-state index in [-0.39, 0.29) is 16.8 Å². The van der Waals surface area contributed by atoms with Gasteiger partial charge in [0.05, 0.1) is 26.2 Å². The van der Waals surface area contributed by atoms with Gasteiger partial charge in [-0.05, 0) is 36.8 Å². The van der Waals surface area contributed by atoms with Gasteiger partial charge in [0.1, 0.15) is 5.56 Å². The number of halogens is 3. The van der Waals surface area contributed by atoms with Crippen LogP contribution < -0.4 is 5.32 Å². The van der Waals surface area contributed by atoms with E-state index in [1.165, 1.54) is 17.4 Å². The highest BCUT2D eigenvalue weighted by molar-refractivity contribution is 7.14. The highest BCUT2D eigenvalue weighted by Gasteiger charge is 2.23. The van der Waals surface area contributed by atoms with Gasteiger partial charge in [-0.25, -0.2) is 4.79 Å². The fourth-order valence-corrected chi connectivity index (χ4v) is 4.44. The Bertz CT molecular complexity index is 1060. The smallest absolute Gasteiger partial charge is 0.339 e. The Morgan fingerprint density at radius 3 is 2.41 bits per heavy atom. The maximum absolute atomic E-state index is 12.6. The average Bonchev–Trinajstić information content (AvgIpc) is 2.98. The van der Waals surface area contributed by atoms with Crippen molar-refractivity contribution in [1.29, 1.82) is 0 Å². The number of amides is 1. The molecule has 0 bridgehead atoms. The number of aromatic carboxylic acids is 1. The summed E-state index contributed by atoms with van der Waals surface area (Å²) in [7, 11) is 0. The second kappa shape index (κ2) is 7.90. The normalized spacial score (nSPS) is 10.7. The van der Waals surface area contributed by atoms with Gasteiger partial charge < -0.3 is 10.4 Å². The van der Waals surface area contributed by atoms with Crippen LogP contribution in [0.4, 0.5) is 5.69 Å². The first-order chi connectivity index (χ1) is 12.8. The third kappa shape index (κ3) is 4.12. The Kier molecular flexibility index (Phi) is 5.77. The molecule has 8 heteroatoms. The lowest BCUT2D eigenvalue weighted by Gasteiger charge is -2.09. The van der Waals surface area contributed by atoms with Crippen LogP contribution in [0.3, 0.4) is 0 Å². The van der Waals surface area contributed by atoms with Crippen LogP contribution in [-0.2, 0) is 0 Å². The van der Waals surface area contributed by atoms with E-state index in [0.29, 0.717) is 25.5 Å². The van der Waals surface area contributed by atoms with Crippen LogP contribution in [0, 0.1) is 6.92 Å². The first-order valence-electron chi connectivity index (χ1n) is 7.65. The number of anilines is 1. The minimum Gasteiger partial charge on any atom is -0.478 e. The van der Waals surface area contributed by atoms with E-state index in [2.05, 4.69) is 5.32 Å². The molecule has 0 atom stereocenters. The quantitative estimate of drug-likeness (QED) is 0.478. The van der Waals surface area contributed by atoms with Crippen molar-refractivity contribution in [1.82, 2.24) is 0 Å². The Morgan fingerprint density at radius 1 is 1.04 bits per heavy atom. The van der Waals surface area contributed by atoms with Crippen LogP contribution in [0.15, 0.2) is 41.8 Å². The van der Waals surface area contributed by atoms with Crippen LogP contribution in [0.1, 0.15) is 26.3 Å². The molecule has 138 valence electrons. The molecule has 3 aromatic rings. The van der Waals surface area contributed by atoms with Crippen molar-refractivity contribution in [3.8, 4) is 10.4 Å². The number of hydrogen-bond donors (Lipinski definition) is 2. The number of aryl methyl sites for hydroxylation is 1. The molecule has 0 saturated heterocycles. The third-order valence-electron chi connectivity index (χ3n) is 3.80. The minimum atomic E-state index is -1.18. The Balaban J connectivity index is 2.01. The second-order valence-corrected chi connectivity index (χ2v) is 7.85. The number of carboxylic acid groups (broad SMARTS) is 1. The number of nitrogens with one attached hydrogen (secondary N) is 1. The van der Waals surface area contributed by atoms with Gasteiger partial charge in [0.2, 0.25) is 0 Å². The van der Waals surface area contributed by atoms with E-state index in [9.17, 15) is 14.7 Å². The summed E-state index contributed by atoms with van der Waals surface area (Å²) in [6, 6.07) is 9.82. The van der Waals surface area contributed by atoms with Gasteiger partial charge in [-0.3, -0.25) is 4.79 Å². The van der Waals surface area contributed by atoms with Crippen molar-refractivity contribution < 1.29 is 14.7 Å². The van der Waals surface area contributed by atoms with E-state index in [0.717, 1.165) is 5.56 Å². The first-order valence-corrected chi connectivity index (χ1v) is 9.67. The molecule has 1 amide bonds. The predicted octanol–water partition coefficient (Wildman–Crippen LogP) is 6.63. The first kappa shape index (κ1) is 19.7. The average molecular weight is 441 g/mol. The molecule has 2 aromatic carbocycles. The molecule has 4 nitrogen and oxygen atoms in total. The molecule has 0 radical (unpaired) electrons. The zero-order valence-electron chi connectivity index (χ0n) is 13.8. The molecule has 0 aliphatic rings. The highest BCUT2D eigenvalue weighted by atomic mass is 35.5. The molecule has 1 heterocycles. The molecule has 0 aliphatic heterocycles. The van der Waals surface area contributed by atoms with Crippen molar-refractivity contribution in [2.24, 2.45) is 0 Å². The van der Waals surface area contributed by atoms with Gasteiger partial charge >= 0.3 is 5.97 Å². The van der Waals surface area contributed by atoms with Crippen molar-refractivity contribution in [3.05, 3.63) is 73.5 Å². The molecular formula is C19H12Cl3NO3S. The van der Waals surface area contributed by atoms with Crippen molar-refractivity contribution >= 4 is 63.7 Å². The number of rotatable bonds is 4. The minimum absolute atomic E-state index is 0.0409. The topological polar surface area (TPSA) is 66.4 Å². The molecule has 0 spiro atoms. The lowest BCUT2D eigenvalue weighted by atomic mass is 10.1. The zero-order chi connectivity index (χ0) is 19.7. The molecule has 0 unspecified atom stereocenters. The van der Waals surface area contributed by atoms with E-state index in [1.54, 1.807) is 35.7 Å². The van der Waals surface area contributed by atoms with Gasteiger partial charge in [-0.1, -0.05) is 46.9 Å². The zero-order valence-corrected chi connectivity index (χ0v) is 16.9. The van der Waals surface area contributed by atoms with Crippen molar-refractivity contribution in [2.75, 3.05) is 5.32 Å². The molecule has 0 aliphatic carbocycles. The summed E-state index contributed by atoms with van der Waals surface area (Å²) in [5, 5.41) is 14.9. The molecule has 0 saturated carbocycles. The number of carbonyl (C=O) groups is 2. The lowest BCUT2D eigenvalue weighted by molar-refractivity contribution is 0.0699. The van der Waals surface area contributed by atoms with E-state index < -0.39 is 11.9 Å². The third-order valence-corrected chi connectivity index (χ3v) is 5.67. The largest absolute Gasteiger partial charge is 0.478 e. The van der Waals surface area contributed by atoms with Gasteiger partial charge in [-0.2, -0.15) is 0 Å². The maximum atomic E-state index is 12.6. The number of carboxylic acids is 1. The van der Waals surface area contributed by atoms with E-state index in [1.807, 2.05) is 6.92 Å². The van der Waals surface area contributed by atoms with Gasteiger partial charge in [0.25, 0.3) is 5.91 Å². The maximum Gasteiger partial charge on any atom is 0.339 e. The Labute approximate surface area is 174 Å². The highest BCUT2D eigenvalue weighted by Crippen LogP contribution is 2.40. The summed E-state index contributed by atoms with van der Waals surface area (Å²) < 4.78 is 0. The summed E-state index contributed by atoms with van der Waals surface area (Å²) in [4.78, 5) is 24.8. The molecule has 1 aromatic heterocycles. The van der Waals surface area contributed by atoms with Gasteiger partial charge in [0, 0.05) is 16.0 Å². The lowest BCUT2D eigenvalue weighted by Crippen LogP contribution is -2.14. The number of carbonyl (C=O) groups excluding carboxylic acids is 1. The SMILES string of the molecule is Cc1ccc(C(=O)Nc2csc(-c3ccc(Cl)cc3Cl)c2C(=O)O)c(Cl)c1. The molecule has 27 heavy (non-hydrogen) atoms. The summed E-state index contributed by atoms with van der Waals surface area (Å²) in [5.74, 6) is -1.67. The van der Waals surface area contributed by atoms with E-state index in [4.69, 9.17) is 34.8 Å². The Morgan fingerprint density at radius 2 is 1.78 bits per heavy atom. The monoisotopic (exact) mass is 439 g/mol. The molecule has 2 N–H and O–H groups in total. The van der Waals surface area contributed by atoms with Crippen molar-refractivity contribution in [2.45, 2.75) is 6.92 Å². The van der Waals surface area contributed by atoms with Gasteiger partial charge in [-0.15, -0.1) is 11.3 Å². The second-order valence-electron chi connectivity index (χ2n) is 5.72. The predicted molar refractivity (Wildman–Crippen MR) is 111 cm³/mol. The molecule has 3 rings (SSSR count). The number of hydrogen-bond acceptors (Lipinski definition) is 3. The van der Waals surface area contributed by atoms with Crippen LogP contribution in [0.5, 0.6) is 0 Å². The Hall–Kier alpha value is -2.05. The van der Waals surface area contributed by atoms with Crippen molar-refractivity contribution in [3.63, 3.8) is 0 Å². The van der Waals surface area contributed by atoms with Crippen LogP contribution in [0.25, 0.3) is 10.4 Å². The molecule has 0 fully saturated rings.